The van der Waals surface area contributed by atoms with Gasteiger partial charge in [-0.3, -0.25) is 0 Å². The summed E-state index contributed by atoms with van der Waals surface area (Å²) >= 11 is 0. The Bertz CT molecular complexity index is 827. The van der Waals surface area contributed by atoms with E-state index in [0.29, 0.717) is 12.2 Å². The summed E-state index contributed by atoms with van der Waals surface area (Å²) in [6, 6.07) is 18.1. The summed E-state index contributed by atoms with van der Waals surface area (Å²) in [6.07, 6.45) is 3.05. The second-order valence-electron chi connectivity index (χ2n) is 5.41. The quantitative estimate of drug-likeness (QED) is 0.657. The number of aryl methyl sites for hydroxylation is 2. The van der Waals surface area contributed by atoms with Gasteiger partial charge in [-0.25, -0.2) is 0 Å². The first kappa shape index (κ1) is 14.2. The number of hydrogen-bond acceptors (Lipinski definition) is 2. The van der Waals surface area contributed by atoms with Crippen LogP contribution in [0.2, 0.25) is 0 Å². The minimum absolute atomic E-state index is 0.629. The van der Waals surface area contributed by atoms with E-state index in [4.69, 9.17) is 10.00 Å². The Morgan fingerprint density at radius 1 is 1.14 bits per heavy atom. The molecule has 0 fully saturated rings. The van der Waals surface area contributed by atoms with Crippen molar-refractivity contribution in [3.05, 3.63) is 65.9 Å². The predicted octanol–water partition coefficient (Wildman–Crippen LogP) is 4.29. The van der Waals surface area contributed by atoms with Crippen molar-refractivity contribution in [1.82, 2.24) is 4.57 Å². The molecule has 1 aromatic heterocycles. The molecule has 22 heavy (non-hydrogen) atoms. The Morgan fingerprint density at radius 3 is 2.91 bits per heavy atom. The molecule has 0 saturated heterocycles. The number of rotatable bonds is 5. The Balaban J connectivity index is 1.57. The highest BCUT2D eigenvalue weighted by molar-refractivity contribution is 5.80. The smallest absolute Gasteiger partial charge is 0.120 e. The summed E-state index contributed by atoms with van der Waals surface area (Å²) in [4.78, 5) is 0. The molecule has 0 saturated carbocycles. The Hall–Kier alpha value is -2.73. The van der Waals surface area contributed by atoms with Crippen LogP contribution in [0.1, 0.15) is 17.5 Å². The molecule has 0 amide bonds. The third kappa shape index (κ3) is 3.12. The molecule has 3 rings (SSSR count). The van der Waals surface area contributed by atoms with Gasteiger partial charge in [-0.1, -0.05) is 17.7 Å². The summed E-state index contributed by atoms with van der Waals surface area (Å²) in [5.41, 5.74) is 3.17. The van der Waals surface area contributed by atoms with Crippen LogP contribution in [0, 0.1) is 18.3 Å². The van der Waals surface area contributed by atoms with Gasteiger partial charge < -0.3 is 9.30 Å². The lowest BCUT2D eigenvalue weighted by Gasteiger charge is -2.08. The highest BCUT2D eigenvalue weighted by Crippen LogP contribution is 2.18. The maximum absolute atomic E-state index is 8.87. The summed E-state index contributed by atoms with van der Waals surface area (Å²) in [5, 5.41) is 10.2. The van der Waals surface area contributed by atoms with Crippen LogP contribution in [0.3, 0.4) is 0 Å². The van der Waals surface area contributed by atoms with Crippen molar-refractivity contribution >= 4 is 10.9 Å². The molecule has 0 N–H and O–H groups in total. The molecule has 1 heterocycles. The van der Waals surface area contributed by atoms with Crippen LogP contribution in [-0.4, -0.2) is 11.2 Å². The fourth-order valence-corrected chi connectivity index (χ4v) is 2.59. The van der Waals surface area contributed by atoms with Gasteiger partial charge in [0.15, 0.2) is 0 Å². The lowest BCUT2D eigenvalue weighted by Crippen LogP contribution is -2.03. The van der Waals surface area contributed by atoms with E-state index >= 15 is 0 Å². The zero-order valence-corrected chi connectivity index (χ0v) is 12.6. The second-order valence-corrected chi connectivity index (χ2v) is 5.41. The van der Waals surface area contributed by atoms with Crippen LogP contribution in [-0.2, 0) is 6.54 Å². The fraction of sp³-hybridized carbons (Fsp3) is 0.211. The molecule has 0 aliphatic carbocycles. The molecule has 3 nitrogen and oxygen atoms in total. The molecule has 0 aliphatic heterocycles. The number of aromatic nitrogens is 1. The molecule has 0 aliphatic rings. The number of nitriles is 1. The topological polar surface area (TPSA) is 38.0 Å². The molecular weight excluding hydrogens is 272 g/mol. The fourth-order valence-electron chi connectivity index (χ4n) is 2.59. The van der Waals surface area contributed by atoms with E-state index in [1.165, 1.54) is 16.5 Å². The minimum Gasteiger partial charge on any atom is -0.493 e. The lowest BCUT2D eigenvalue weighted by molar-refractivity contribution is 0.302. The predicted molar refractivity (Wildman–Crippen MR) is 87.9 cm³/mol. The first-order valence-electron chi connectivity index (χ1n) is 7.45. The lowest BCUT2D eigenvalue weighted by atomic mass is 10.2. The van der Waals surface area contributed by atoms with Gasteiger partial charge in [0.2, 0.25) is 0 Å². The zero-order chi connectivity index (χ0) is 15.4. The van der Waals surface area contributed by atoms with E-state index in [1.807, 2.05) is 12.1 Å². The SMILES string of the molecule is Cc1ccc2c(ccn2CCCOc2cccc(C#N)c2)c1. The van der Waals surface area contributed by atoms with Crippen LogP contribution < -0.4 is 4.74 Å². The summed E-state index contributed by atoms with van der Waals surface area (Å²) < 4.78 is 7.97. The van der Waals surface area contributed by atoms with Crippen LogP contribution in [0.4, 0.5) is 0 Å². The van der Waals surface area contributed by atoms with Crippen molar-refractivity contribution < 1.29 is 4.74 Å². The van der Waals surface area contributed by atoms with Crippen molar-refractivity contribution in [3.63, 3.8) is 0 Å². The number of nitrogens with zero attached hydrogens (tertiary/aromatic N) is 2. The number of ether oxygens (including phenoxy) is 1. The number of hydrogen-bond donors (Lipinski definition) is 0. The molecule has 110 valence electrons. The van der Waals surface area contributed by atoms with Gasteiger partial charge in [0.05, 0.1) is 18.2 Å². The molecular formula is C19H18N2O. The third-order valence-electron chi connectivity index (χ3n) is 3.70. The molecule has 3 heteroatoms. The average Bonchev–Trinajstić information content (AvgIpc) is 2.94. The molecule has 3 aromatic rings. The van der Waals surface area contributed by atoms with Gasteiger partial charge in [-0.2, -0.15) is 5.26 Å². The van der Waals surface area contributed by atoms with Gasteiger partial charge in [0.25, 0.3) is 0 Å². The first-order chi connectivity index (χ1) is 10.8. The first-order valence-corrected chi connectivity index (χ1v) is 7.45. The molecule has 2 aromatic carbocycles. The van der Waals surface area contributed by atoms with Crippen molar-refractivity contribution in [1.29, 1.82) is 5.26 Å². The number of fused-ring (bicyclic) bond motifs is 1. The van der Waals surface area contributed by atoms with E-state index in [1.54, 1.807) is 12.1 Å². The highest BCUT2D eigenvalue weighted by atomic mass is 16.5. The standard InChI is InChI=1S/C19H18N2O/c1-15-6-7-19-17(12-15)8-10-21(19)9-3-11-22-18-5-2-4-16(13-18)14-20/h2,4-8,10,12-13H,3,9,11H2,1H3. The van der Waals surface area contributed by atoms with Crippen LogP contribution in [0.5, 0.6) is 5.75 Å². The zero-order valence-electron chi connectivity index (χ0n) is 12.6. The maximum atomic E-state index is 8.87. The third-order valence-corrected chi connectivity index (χ3v) is 3.70. The monoisotopic (exact) mass is 290 g/mol. The molecule has 0 bridgehead atoms. The number of benzene rings is 2. The minimum atomic E-state index is 0.629. The summed E-state index contributed by atoms with van der Waals surface area (Å²) in [6.45, 7) is 3.67. The van der Waals surface area contributed by atoms with E-state index in [9.17, 15) is 0 Å². The van der Waals surface area contributed by atoms with E-state index in [0.717, 1.165) is 18.7 Å². The van der Waals surface area contributed by atoms with Gasteiger partial charge >= 0.3 is 0 Å². The molecule has 0 spiro atoms. The van der Waals surface area contributed by atoms with Crippen molar-refractivity contribution in [2.24, 2.45) is 0 Å². The summed E-state index contributed by atoms with van der Waals surface area (Å²) in [5.74, 6) is 0.757. The summed E-state index contributed by atoms with van der Waals surface area (Å²) in [7, 11) is 0. The van der Waals surface area contributed by atoms with Gasteiger partial charge in [0.1, 0.15) is 5.75 Å². The van der Waals surface area contributed by atoms with Gasteiger partial charge in [0, 0.05) is 18.3 Å². The second kappa shape index (κ2) is 6.36. The Kier molecular flexibility index (Phi) is 4.11. The van der Waals surface area contributed by atoms with Gasteiger partial charge in [-0.15, -0.1) is 0 Å². The molecule has 0 atom stereocenters. The van der Waals surface area contributed by atoms with Crippen molar-refractivity contribution in [2.75, 3.05) is 6.61 Å². The van der Waals surface area contributed by atoms with E-state index in [2.05, 4.69) is 48.0 Å². The Labute approximate surface area is 130 Å². The van der Waals surface area contributed by atoms with E-state index < -0.39 is 0 Å². The maximum Gasteiger partial charge on any atom is 0.120 e. The average molecular weight is 290 g/mol. The van der Waals surface area contributed by atoms with Crippen LogP contribution in [0.25, 0.3) is 10.9 Å². The molecule has 0 radical (unpaired) electrons. The van der Waals surface area contributed by atoms with Crippen LogP contribution >= 0.6 is 0 Å². The van der Waals surface area contributed by atoms with Crippen molar-refractivity contribution in [2.45, 2.75) is 19.9 Å². The van der Waals surface area contributed by atoms with Crippen LogP contribution in [0.15, 0.2) is 54.7 Å². The van der Waals surface area contributed by atoms with Crippen molar-refractivity contribution in [3.8, 4) is 11.8 Å². The van der Waals surface area contributed by atoms with E-state index in [-0.39, 0.29) is 0 Å². The largest absolute Gasteiger partial charge is 0.493 e. The molecule has 0 unspecified atom stereocenters. The normalized spacial score (nSPS) is 10.5. The Morgan fingerprint density at radius 2 is 2.05 bits per heavy atom. The van der Waals surface area contributed by atoms with Gasteiger partial charge in [-0.05, 0) is 55.1 Å². The highest BCUT2D eigenvalue weighted by Gasteiger charge is 2.01.